The Bertz CT molecular complexity index is 1160. The number of alkyl halides is 3. The summed E-state index contributed by atoms with van der Waals surface area (Å²) in [4.78, 5) is 0. The summed E-state index contributed by atoms with van der Waals surface area (Å²) in [5.74, 6) is 0.792. The van der Waals surface area contributed by atoms with Crippen molar-refractivity contribution in [2.45, 2.75) is 20.0 Å². The van der Waals surface area contributed by atoms with Crippen LogP contribution < -0.4 is 4.57 Å². The van der Waals surface area contributed by atoms with E-state index < -0.39 is 11.7 Å². The fraction of sp³-hybridized carbons (Fsp3) is 0.227. The molecule has 0 unspecified atom stereocenters. The van der Waals surface area contributed by atoms with Gasteiger partial charge in [0.1, 0.15) is 7.05 Å². The second-order valence-electron chi connectivity index (χ2n) is 7.07. The molecule has 1 aliphatic heterocycles. The third kappa shape index (κ3) is 3.15. The van der Waals surface area contributed by atoms with Crippen LogP contribution in [0, 0.1) is 13.8 Å². The van der Waals surface area contributed by atoms with E-state index >= 15 is 0 Å². The number of hydrogen-bond acceptors (Lipinski definition) is 0. The molecule has 0 bridgehead atoms. The lowest BCUT2D eigenvalue weighted by Gasteiger charge is -2.14. The number of aromatic nitrogens is 1. The number of halogens is 3. The highest BCUT2D eigenvalue weighted by Gasteiger charge is 2.36. The highest BCUT2D eigenvalue weighted by atomic mass is 32.1. The molecule has 2 nitrogen and oxygen atoms in total. The van der Waals surface area contributed by atoms with E-state index in [0.717, 1.165) is 45.1 Å². The van der Waals surface area contributed by atoms with Gasteiger partial charge in [0.05, 0.1) is 11.1 Å². The van der Waals surface area contributed by atoms with Crippen LogP contribution in [0.4, 0.5) is 13.2 Å². The Balaban J connectivity index is 2.10. The highest BCUT2D eigenvalue weighted by molar-refractivity contribution is 7.98. The molecule has 0 atom stereocenters. The van der Waals surface area contributed by atoms with Gasteiger partial charge in [-0.15, -0.1) is 11.4 Å². The second kappa shape index (κ2) is 6.85. The van der Waals surface area contributed by atoms with E-state index in [-0.39, 0.29) is 0 Å². The number of para-hydroxylation sites is 1. The van der Waals surface area contributed by atoms with Crippen molar-refractivity contribution in [3.05, 3.63) is 70.9 Å². The van der Waals surface area contributed by atoms with Crippen molar-refractivity contribution in [3.63, 3.8) is 0 Å². The fourth-order valence-corrected chi connectivity index (χ4v) is 4.68. The maximum atomic E-state index is 13.7. The SMILES string of the molecule is Cc1c(C2=[N+](C)C[SH]=C2)cc(C(F)(F)F)cc1-[n+]1c(C)ccc2ccccc21. The van der Waals surface area contributed by atoms with Crippen molar-refractivity contribution in [2.75, 3.05) is 12.9 Å². The topological polar surface area (TPSA) is 6.89 Å². The van der Waals surface area contributed by atoms with Crippen molar-refractivity contribution in [1.82, 2.24) is 0 Å². The number of hydrogen-bond donors (Lipinski definition) is 1. The van der Waals surface area contributed by atoms with E-state index in [1.54, 1.807) is 0 Å². The first-order valence-electron chi connectivity index (χ1n) is 8.98. The molecule has 1 aromatic heterocycles. The summed E-state index contributed by atoms with van der Waals surface area (Å²) in [7, 11) is 1.92. The van der Waals surface area contributed by atoms with Gasteiger partial charge in [0.2, 0.25) is 16.9 Å². The van der Waals surface area contributed by atoms with Gasteiger partial charge in [0.25, 0.3) is 0 Å². The van der Waals surface area contributed by atoms with Crippen molar-refractivity contribution < 1.29 is 22.3 Å². The van der Waals surface area contributed by atoms with E-state index in [9.17, 15) is 13.2 Å². The zero-order chi connectivity index (χ0) is 20.1. The van der Waals surface area contributed by atoms with Gasteiger partial charge in [-0.05, 0) is 25.1 Å². The van der Waals surface area contributed by atoms with Crippen LogP contribution in [0.25, 0.3) is 16.6 Å². The van der Waals surface area contributed by atoms with Gasteiger partial charge in [-0.1, -0.05) is 12.1 Å². The average molecular weight is 402 g/mol. The molecule has 28 heavy (non-hydrogen) atoms. The molecule has 0 saturated heterocycles. The van der Waals surface area contributed by atoms with Crippen molar-refractivity contribution in [1.29, 1.82) is 0 Å². The summed E-state index contributed by atoms with van der Waals surface area (Å²) >= 11 is 1.09. The first-order valence-corrected chi connectivity index (χ1v) is 10.1. The van der Waals surface area contributed by atoms with Crippen LogP contribution >= 0.6 is 11.4 Å². The number of benzene rings is 2. The lowest BCUT2D eigenvalue weighted by Crippen LogP contribution is -2.37. The monoisotopic (exact) mass is 402 g/mol. The van der Waals surface area contributed by atoms with Gasteiger partial charge < -0.3 is 0 Å². The minimum atomic E-state index is -4.41. The van der Waals surface area contributed by atoms with Crippen molar-refractivity contribution in [3.8, 4) is 5.69 Å². The highest BCUT2D eigenvalue weighted by Crippen LogP contribution is 2.33. The third-order valence-corrected chi connectivity index (χ3v) is 6.19. The zero-order valence-electron chi connectivity index (χ0n) is 15.9. The minimum Gasteiger partial charge on any atom is -0.223 e. The number of aryl methyl sites for hydroxylation is 1. The summed E-state index contributed by atoms with van der Waals surface area (Å²) < 4.78 is 45.2. The number of rotatable bonds is 2. The van der Waals surface area contributed by atoms with Crippen molar-refractivity contribution >= 4 is 33.3 Å². The molecule has 0 saturated carbocycles. The smallest absolute Gasteiger partial charge is 0.223 e. The molecule has 4 rings (SSSR count). The first kappa shape index (κ1) is 18.9. The Labute approximate surface area is 165 Å². The number of pyridine rings is 1. The van der Waals surface area contributed by atoms with Gasteiger partial charge in [-0.2, -0.15) is 17.7 Å². The standard InChI is InChI=1S/C22H21F3N2S/c1-14-8-9-16-6-4-5-7-19(16)27(14)20-11-17(22(23,24)25)10-18(15(20)2)21-12-28-13-26(21)3/h4-12,28H,13H2,1-3H3/q+2. The van der Waals surface area contributed by atoms with E-state index in [0.29, 0.717) is 11.3 Å². The van der Waals surface area contributed by atoms with E-state index in [1.807, 2.05) is 71.8 Å². The number of thiol groups is 1. The maximum Gasteiger partial charge on any atom is 0.416 e. The molecular weight excluding hydrogens is 381 g/mol. The third-order valence-electron chi connectivity index (χ3n) is 5.18. The number of nitrogens with zero attached hydrogens (tertiary/aromatic N) is 2. The molecule has 2 aromatic carbocycles. The van der Waals surface area contributed by atoms with Crippen molar-refractivity contribution in [2.24, 2.45) is 0 Å². The van der Waals surface area contributed by atoms with Gasteiger partial charge >= 0.3 is 6.18 Å². The minimum absolute atomic E-state index is 0.567. The molecule has 0 N–H and O–H groups in total. The molecule has 144 valence electrons. The molecule has 0 amide bonds. The van der Waals surface area contributed by atoms with Gasteiger partial charge in [0, 0.05) is 41.4 Å². The average Bonchev–Trinajstić information content (AvgIpc) is 3.07. The second-order valence-corrected chi connectivity index (χ2v) is 7.98. The zero-order valence-corrected chi connectivity index (χ0v) is 16.8. The Hall–Kier alpha value is -2.47. The predicted octanol–water partition coefficient (Wildman–Crippen LogP) is 4.42. The molecule has 6 heteroatoms. The largest absolute Gasteiger partial charge is 0.416 e. The van der Waals surface area contributed by atoms with E-state index in [2.05, 4.69) is 0 Å². The van der Waals surface area contributed by atoms with Gasteiger partial charge in [-0.25, -0.2) is 4.58 Å². The summed E-state index contributed by atoms with van der Waals surface area (Å²) in [5, 5.41) is 2.98. The Kier molecular flexibility index (Phi) is 4.62. The number of fused-ring (bicyclic) bond motifs is 1. The summed E-state index contributed by atoms with van der Waals surface area (Å²) in [5.41, 5.74) is 4.05. The predicted molar refractivity (Wildman–Crippen MR) is 110 cm³/mol. The van der Waals surface area contributed by atoms with Crippen LogP contribution in [0.5, 0.6) is 0 Å². The lowest BCUT2D eigenvalue weighted by molar-refractivity contribution is -0.575. The van der Waals surface area contributed by atoms with E-state index in [4.69, 9.17) is 0 Å². The summed E-state index contributed by atoms with van der Waals surface area (Å²) in [6, 6.07) is 14.3. The molecule has 0 radical (unpaired) electrons. The Morgan fingerprint density at radius 3 is 2.43 bits per heavy atom. The molecule has 0 spiro atoms. The maximum absolute atomic E-state index is 13.7. The van der Waals surface area contributed by atoms with Crippen LogP contribution in [0.1, 0.15) is 22.4 Å². The molecule has 1 aliphatic rings. The summed E-state index contributed by atoms with van der Waals surface area (Å²) in [6.45, 7) is 3.83. The van der Waals surface area contributed by atoms with Gasteiger partial charge in [0.15, 0.2) is 11.6 Å². The van der Waals surface area contributed by atoms with Crippen LogP contribution in [0.2, 0.25) is 0 Å². The molecular formula is C22H21F3N2S+2. The van der Waals surface area contributed by atoms with Gasteiger partial charge in [-0.3, -0.25) is 0 Å². The molecule has 0 fully saturated rings. The quantitative estimate of drug-likeness (QED) is 0.368. The van der Waals surface area contributed by atoms with Crippen LogP contribution in [-0.2, 0) is 6.18 Å². The van der Waals surface area contributed by atoms with Crippen LogP contribution in [0.3, 0.4) is 0 Å². The molecule has 2 heterocycles. The molecule has 3 aromatic rings. The van der Waals surface area contributed by atoms with Crippen LogP contribution in [-0.4, -0.2) is 28.6 Å². The normalized spacial score (nSPS) is 14.6. The summed E-state index contributed by atoms with van der Waals surface area (Å²) in [6.07, 6.45) is -4.41. The lowest BCUT2D eigenvalue weighted by atomic mass is 9.98. The fourth-order valence-electron chi connectivity index (χ4n) is 3.69. The Morgan fingerprint density at radius 1 is 1.00 bits per heavy atom. The van der Waals surface area contributed by atoms with E-state index in [1.165, 1.54) is 12.1 Å². The molecule has 0 aliphatic carbocycles. The first-order chi connectivity index (χ1) is 13.3. The van der Waals surface area contributed by atoms with Crippen LogP contribution in [0.15, 0.2) is 48.5 Å². The Morgan fingerprint density at radius 2 is 1.75 bits per heavy atom.